The third kappa shape index (κ3) is 2.15. The molecule has 22 heavy (non-hydrogen) atoms. The van der Waals surface area contributed by atoms with Crippen molar-refractivity contribution in [1.82, 2.24) is 0 Å². The number of carbonyl (C=O) groups is 2. The average Bonchev–Trinajstić information content (AvgIpc) is 2.82. The van der Waals surface area contributed by atoms with Gasteiger partial charge in [-0.2, -0.15) is 0 Å². The van der Waals surface area contributed by atoms with Crippen molar-refractivity contribution in [1.29, 1.82) is 0 Å². The quantitative estimate of drug-likeness (QED) is 0.878. The lowest BCUT2D eigenvalue weighted by Crippen LogP contribution is -2.14. The van der Waals surface area contributed by atoms with Gasteiger partial charge < -0.3 is 5.73 Å². The fourth-order valence-electron chi connectivity index (χ4n) is 3.12. The lowest BCUT2D eigenvalue weighted by Gasteiger charge is -2.13. The second-order valence-corrected chi connectivity index (χ2v) is 5.70. The van der Waals surface area contributed by atoms with E-state index in [-0.39, 0.29) is 0 Å². The molecule has 110 valence electrons. The molecule has 0 atom stereocenters. The molecule has 0 unspecified atom stereocenters. The number of carbonyl (C=O) groups excluding carboxylic acids is 2. The second kappa shape index (κ2) is 5.26. The lowest BCUT2D eigenvalue weighted by atomic mass is 9.90. The molecule has 0 aromatic heterocycles. The van der Waals surface area contributed by atoms with Gasteiger partial charge in [0, 0.05) is 11.1 Å². The Morgan fingerprint density at radius 3 is 2.64 bits per heavy atom. The summed E-state index contributed by atoms with van der Waals surface area (Å²) in [6, 6.07) is 11.2. The van der Waals surface area contributed by atoms with E-state index in [1.165, 1.54) is 11.1 Å². The van der Waals surface area contributed by atoms with Gasteiger partial charge in [-0.25, -0.2) is 0 Å². The molecule has 0 heterocycles. The Hall–Kier alpha value is -2.68. The first kappa shape index (κ1) is 14.3. The first-order valence-electron chi connectivity index (χ1n) is 7.21. The molecule has 1 aliphatic carbocycles. The van der Waals surface area contributed by atoms with Gasteiger partial charge in [0.25, 0.3) is 0 Å². The highest BCUT2D eigenvalue weighted by Gasteiger charge is 2.24. The zero-order valence-electron chi connectivity index (χ0n) is 12.6. The molecule has 0 aliphatic heterocycles. The van der Waals surface area contributed by atoms with Gasteiger partial charge in [-0.05, 0) is 60.2 Å². The van der Waals surface area contributed by atoms with Crippen molar-refractivity contribution in [2.75, 3.05) is 0 Å². The van der Waals surface area contributed by atoms with Crippen LogP contribution in [0.25, 0.3) is 16.7 Å². The topological polar surface area (TPSA) is 60.2 Å². The number of hydrogen-bond acceptors (Lipinski definition) is 2. The average molecular weight is 291 g/mol. The van der Waals surface area contributed by atoms with E-state index in [9.17, 15) is 9.59 Å². The zero-order valence-corrected chi connectivity index (χ0v) is 12.6. The number of amides is 1. The third-order valence-corrected chi connectivity index (χ3v) is 4.37. The van der Waals surface area contributed by atoms with Crippen LogP contribution in [0.1, 0.15) is 45.7 Å². The van der Waals surface area contributed by atoms with Crippen LogP contribution in [-0.2, 0) is 6.42 Å². The van der Waals surface area contributed by atoms with Gasteiger partial charge in [-0.15, -0.1) is 0 Å². The predicted molar refractivity (Wildman–Crippen MR) is 87.8 cm³/mol. The van der Waals surface area contributed by atoms with Crippen LogP contribution in [0.3, 0.4) is 0 Å². The van der Waals surface area contributed by atoms with Gasteiger partial charge in [-0.3, -0.25) is 9.59 Å². The maximum absolute atomic E-state index is 11.7. The van der Waals surface area contributed by atoms with E-state index in [0.717, 1.165) is 35.0 Å². The number of fused-ring (bicyclic) bond motifs is 1. The van der Waals surface area contributed by atoms with Crippen LogP contribution in [0.4, 0.5) is 0 Å². The van der Waals surface area contributed by atoms with Crippen LogP contribution >= 0.6 is 0 Å². The molecule has 0 bridgehead atoms. The summed E-state index contributed by atoms with van der Waals surface area (Å²) in [7, 11) is 0. The number of aldehydes is 1. The summed E-state index contributed by atoms with van der Waals surface area (Å²) in [5, 5.41) is 0. The maximum Gasteiger partial charge on any atom is 0.249 e. The molecule has 3 rings (SSSR count). The zero-order chi connectivity index (χ0) is 15.9. The molecule has 1 amide bonds. The number of nitrogens with two attached hydrogens (primary N) is 1. The number of allylic oxidation sites excluding steroid dienone is 2. The Bertz CT molecular complexity index is 831. The van der Waals surface area contributed by atoms with Crippen molar-refractivity contribution in [3.8, 4) is 11.1 Å². The fraction of sp³-hybridized carbons (Fsp3) is 0.158. The van der Waals surface area contributed by atoms with Crippen LogP contribution < -0.4 is 5.73 Å². The molecule has 0 spiro atoms. The van der Waals surface area contributed by atoms with Crippen molar-refractivity contribution in [3.05, 3.63) is 64.2 Å². The monoisotopic (exact) mass is 291 g/mol. The molecular weight excluding hydrogens is 274 g/mol. The molecule has 2 N–H and O–H groups in total. The highest BCUT2D eigenvalue weighted by Crippen LogP contribution is 2.41. The molecule has 0 radical (unpaired) electrons. The van der Waals surface area contributed by atoms with Crippen LogP contribution in [-0.4, -0.2) is 12.2 Å². The van der Waals surface area contributed by atoms with E-state index in [1.54, 1.807) is 12.1 Å². The first-order chi connectivity index (χ1) is 10.5. The molecule has 0 saturated carbocycles. The normalized spacial score (nSPS) is 13.2. The van der Waals surface area contributed by atoms with Crippen molar-refractivity contribution in [2.45, 2.75) is 20.3 Å². The Balaban J connectivity index is 2.28. The van der Waals surface area contributed by atoms with E-state index in [0.29, 0.717) is 11.1 Å². The molecule has 3 heteroatoms. The van der Waals surface area contributed by atoms with E-state index in [4.69, 9.17) is 5.73 Å². The van der Waals surface area contributed by atoms with E-state index in [1.807, 2.05) is 24.3 Å². The van der Waals surface area contributed by atoms with E-state index < -0.39 is 5.91 Å². The number of primary amides is 1. The Kier molecular flexibility index (Phi) is 3.41. The summed E-state index contributed by atoms with van der Waals surface area (Å²) < 4.78 is 0. The standard InChI is InChI=1S/C19H17NO2/c1-11-8-17-16(19(20)22)7-6-15(18(17)12(11)2)14-5-3-4-13(9-14)10-21/h3-7,9-10H,8H2,1-2H3,(H2,20,22). The van der Waals surface area contributed by atoms with Crippen LogP contribution in [0.5, 0.6) is 0 Å². The number of benzene rings is 2. The molecule has 0 fully saturated rings. The number of hydrogen-bond donors (Lipinski definition) is 1. The molecule has 1 aliphatic rings. The summed E-state index contributed by atoms with van der Waals surface area (Å²) >= 11 is 0. The SMILES string of the molecule is CC1=C(C)c2c(-c3cccc(C=O)c3)ccc(C(N)=O)c2C1. The molecular formula is C19H17NO2. The summed E-state index contributed by atoms with van der Waals surface area (Å²) in [4.78, 5) is 22.7. The van der Waals surface area contributed by atoms with Crippen molar-refractivity contribution in [3.63, 3.8) is 0 Å². The summed E-state index contributed by atoms with van der Waals surface area (Å²) in [5.41, 5.74) is 13.3. The maximum atomic E-state index is 11.7. The van der Waals surface area contributed by atoms with Crippen molar-refractivity contribution in [2.24, 2.45) is 5.73 Å². The molecule has 0 saturated heterocycles. The summed E-state index contributed by atoms with van der Waals surface area (Å²) in [6.45, 7) is 4.14. The lowest BCUT2D eigenvalue weighted by molar-refractivity contribution is 0.0999. The Morgan fingerprint density at radius 2 is 1.95 bits per heavy atom. The van der Waals surface area contributed by atoms with Gasteiger partial charge in [0.2, 0.25) is 5.91 Å². The minimum Gasteiger partial charge on any atom is -0.366 e. The molecule has 2 aromatic carbocycles. The fourth-order valence-corrected chi connectivity index (χ4v) is 3.12. The van der Waals surface area contributed by atoms with Crippen LogP contribution in [0.15, 0.2) is 42.0 Å². The number of rotatable bonds is 3. The van der Waals surface area contributed by atoms with Crippen molar-refractivity contribution < 1.29 is 9.59 Å². The second-order valence-electron chi connectivity index (χ2n) is 5.70. The highest BCUT2D eigenvalue weighted by molar-refractivity contribution is 6.00. The molecule has 2 aromatic rings. The van der Waals surface area contributed by atoms with Crippen molar-refractivity contribution >= 4 is 17.8 Å². The third-order valence-electron chi connectivity index (χ3n) is 4.37. The van der Waals surface area contributed by atoms with Gasteiger partial charge >= 0.3 is 0 Å². The summed E-state index contributed by atoms with van der Waals surface area (Å²) in [6.07, 6.45) is 1.59. The van der Waals surface area contributed by atoms with Gasteiger partial charge in [-0.1, -0.05) is 29.8 Å². The van der Waals surface area contributed by atoms with Crippen LogP contribution in [0.2, 0.25) is 0 Å². The molecule has 3 nitrogen and oxygen atoms in total. The van der Waals surface area contributed by atoms with Crippen LogP contribution in [0, 0.1) is 0 Å². The first-order valence-corrected chi connectivity index (χ1v) is 7.21. The predicted octanol–water partition coefficient (Wildman–Crippen LogP) is 3.61. The Labute approximate surface area is 129 Å². The smallest absolute Gasteiger partial charge is 0.249 e. The van der Waals surface area contributed by atoms with Gasteiger partial charge in [0.15, 0.2) is 0 Å². The van der Waals surface area contributed by atoms with E-state index >= 15 is 0 Å². The van der Waals surface area contributed by atoms with Gasteiger partial charge in [0.05, 0.1) is 0 Å². The van der Waals surface area contributed by atoms with Gasteiger partial charge in [0.1, 0.15) is 6.29 Å². The largest absolute Gasteiger partial charge is 0.366 e. The summed E-state index contributed by atoms with van der Waals surface area (Å²) in [5.74, 6) is -0.396. The minimum atomic E-state index is -0.396. The Morgan fingerprint density at radius 1 is 1.18 bits per heavy atom. The highest BCUT2D eigenvalue weighted by atomic mass is 16.1. The van der Waals surface area contributed by atoms with E-state index in [2.05, 4.69) is 13.8 Å². The minimum absolute atomic E-state index is 0.396.